The van der Waals surface area contributed by atoms with Crippen molar-refractivity contribution < 1.29 is 4.74 Å². The van der Waals surface area contributed by atoms with E-state index >= 15 is 0 Å². The van der Waals surface area contributed by atoms with Gasteiger partial charge in [0.1, 0.15) is 16.4 Å². The monoisotopic (exact) mass is 416 g/mol. The van der Waals surface area contributed by atoms with E-state index in [0.717, 1.165) is 53.3 Å². The minimum Gasteiger partial charge on any atom is -0.497 e. The number of aromatic nitrogens is 2. The minimum absolute atomic E-state index is 0.310. The lowest BCUT2D eigenvalue weighted by atomic mass is 10.0. The van der Waals surface area contributed by atoms with Gasteiger partial charge in [0, 0.05) is 23.5 Å². The number of hydrogen-bond donors (Lipinski definition) is 0. The van der Waals surface area contributed by atoms with Crippen LogP contribution in [0.4, 0.5) is 5.82 Å². The maximum Gasteiger partial charge on any atom is 0.225 e. The van der Waals surface area contributed by atoms with Crippen molar-refractivity contribution in [2.45, 2.75) is 25.8 Å². The maximum absolute atomic E-state index is 6.31. The third-order valence-electron chi connectivity index (χ3n) is 5.63. The van der Waals surface area contributed by atoms with Crippen LogP contribution in [0.2, 0.25) is 5.28 Å². The van der Waals surface area contributed by atoms with Gasteiger partial charge >= 0.3 is 0 Å². The molecule has 0 atom stereocenters. The van der Waals surface area contributed by atoms with E-state index in [1.807, 2.05) is 12.1 Å². The molecule has 0 aliphatic carbocycles. The number of thiophene rings is 1. The second-order valence-electron chi connectivity index (χ2n) is 7.40. The number of anilines is 1. The highest BCUT2D eigenvalue weighted by atomic mass is 35.5. The molecule has 1 fully saturated rings. The molecule has 0 bridgehead atoms. The Kier molecular flexibility index (Phi) is 5.45. The second kappa shape index (κ2) is 7.85. The number of ether oxygens (including phenoxy) is 1. The predicted octanol–water partition coefficient (Wildman–Crippen LogP) is 4.86. The Balaban J connectivity index is 1.83. The van der Waals surface area contributed by atoms with Crippen molar-refractivity contribution >= 4 is 39.0 Å². The molecule has 1 aliphatic rings. The van der Waals surface area contributed by atoms with Crippen molar-refractivity contribution in [2.75, 3.05) is 39.2 Å². The summed E-state index contributed by atoms with van der Waals surface area (Å²) in [4.78, 5) is 16.1. The van der Waals surface area contributed by atoms with Gasteiger partial charge in [0.2, 0.25) is 5.28 Å². The fraction of sp³-hybridized carbons (Fsp3) is 0.429. The van der Waals surface area contributed by atoms with Gasteiger partial charge in [-0.1, -0.05) is 12.1 Å². The molecule has 4 rings (SSSR count). The normalized spacial score (nSPS) is 15.9. The van der Waals surface area contributed by atoms with Crippen molar-refractivity contribution in [3.05, 3.63) is 34.4 Å². The lowest BCUT2D eigenvalue weighted by Crippen LogP contribution is -2.42. The second-order valence-corrected chi connectivity index (χ2v) is 8.94. The molecular weight excluding hydrogens is 392 g/mol. The standard InChI is InChI=1S/C21H25ClN4OS/c1-13-17(14-5-7-16(27-4)8-6-14)18-19(23-21(22)24-20(18)28-13)26(3)15-9-11-25(2)12-10-15/h5-8,15H,9-12H2,1-4H3. The Morgan fingerprint density at radius 1 is 1.18 bits per heavy atom. The first kappa shape index (κ1) is 19.4. The van der Waals surface area contributed by atoms with Gasteiger partial charge in [-0.2, -0.15) is 4.98 Å². The summed E-state index contributed by atoms with van der Waals surface area (Å²) < 4.78 is 5.32. The summed E-state index contributed by atoms with van der Waals surface area (Å²) in [5.74, 6) is 1.78. The van der Waals surface area contributed by atoms with E-state index in [4.69, 9.17) is 16.3 Å². The van der Waals surface area contributed by atoms with Crippen LogP contribution in [0.5, 0.6) is 5.75 Å². The van der Waals surface area contributed by atoms with Crippen LogP contribution in [0.25, 0.3) is 21.3 Å². The molecular formula is C21H25ClN4OS. The molecule has 0 saturated carbocycles. The first-order valence-electron chi connectivity index (χ1n) is 9.50. The van der Waals surface area contributed by atoms with Gasteiger partial charge in [0.05, 0.1) is 12.5 Å². The van der Waals surface area contributed by atoms with Crippen molar-refractivity contribution in [1.82, 2.24) is 14.9 Å². The SMILES string of the molecule is COc1ccc(-c2c(C)sc3nc(Cl)nc(N(C)C4CCN(C)CC4)c23)cc1. The van der Waals surface area contributed by atoms with Crippen LogP contribution in [0.15, 0.2) is 24.3 Å². The number of nitrogens with zero attached hydrogens (tertiary/aromatic N) is 4. The Hall–Kier alpha value is -1.89. The maximum atomic E-state index is 6.31. The van der Waals surface area contributed by atoms with Gasteiger partial charge < -0.3 is 14.5 Å². The van der Waals surface area contributed by atoms with E-state index in [1.165, 1.54) is 10.4 Å². The van der Waals surface area contributed by atoms with E-state index in [-0.39, 0.29) is 0 Å². The molecule has 2 aromatic heterocycles. The fourth-order valence-electron chi connectivity index (χ4n) is 3.98. The Morgan fingerprint density at radius 3 is 2.50 bits per heavy atom. The van der Waals surface area contributed by atoms with E-state index in [0.29, 0.717) is 11.3 Å². The molecule has 28 heavy (non-hydrogen) atoms. The summed E-state index contributed by atoms with van der Waals surface area (Å²) in [6, 6.07) is 8.64. The number of hydrogen-bond acceptors (Lipinski definition) is 6. The van der Waals surface area contributed by atoms with Gasteiger partial charge in [0.15, 0.2) is 0 Å². The number of piperidine rings is 1. The zero-order chi connectivity index (χ0) is 19.8. The molecule has 0 N–H and O–H groups in total. The number of likely N-dealkylation sites (tertiary alicyclic amines) is 1. The first-order chi connectivity index (χ1) is 13.5. The molecule has 0 amide bonds. The van der Waals surface area contributed by atoms with Crippen molar-refractivity contribution in [2.24, 2.45) is 0 Å². The van der Waals surface area contributed by atoms with Crippen LogP contribution in [0.1, 0.15) is 17.7 Å². The number of halogens is 1. The quantitative estimate of drug-likeness (QED) is 0.568. The molecule has 3 heterocycles. The molecule has 1 aromatic carbocycles. The van der Waals surface area contributed by atoms with Crippen LogP contribution in [-0.4, -0.2) is 55.2 Å². The summed E-state index contributed by atoms with van der Waals surface area (Å²) in [6.07, 6.45) is 2.24. The summed E-state index contributed by atoms with van der Waals surface area (Å²) in [5, 5.41) is 1.41. The van der Waals surface area contributed by atoms with Crippen molar-refractivity contribution in [1.29, 1.82) is 0 Å². The van der Waals surface area contributed by atoms with Crippen molar-refractivity contribution in [3.63, 3.8) is 0 Å². The lowest BCUT2D eigenvalue weighted by Gasteiger charge is -2.36. The minimum atomic E-state index is 0.310. The zero-order valence-corrected chi connectivity index (χ0v) is 18.3. The molecule has 0 spiro atoms. The molecule has 1 aliphatic heterocycles. The molecule has 1 saturated heterocycles. The van der Waals surface area contributed by atoms with Crippen LogP contribution in [-0.2, 0) is 0 Å². The number of rotatable bonds is 4. The topological polar surface area (TPSA) is 41.5 Å². The highest BCUT2D eigenvalue weighted by Crippen LogP contribution is 2.43. The molecule has 148 valence electrons. The summed E-state index contributed by atoms with van der Waals surface area (Å²) in [5.41, 5.74) is 2.34. The van der Waals surface area contributed by atoms with Crippen LogP contribution in [0.3, 0.4) is 0 Å². The third kappa shape index (κ3) is 3.56. The van der Waals surface area contributed by atoms with Gasteiger partial charge in [-0.25, -0.2) is 4.98 Å². The highest BCUT2D eigenvalue weighted by Gasteiger charge is 2.26. The van der Waals surface area contributed by atoms with E-state index < -0.39 is 0 Å². The van der Waals surface area contributed by atoms with E-state index in [2.05, 4.69) is 52.9 Å². The molecule has 5 nitrogen and oxygen atoms in total. The third-order valence-corrected chi connectivity index (χ3v) is 6.80. The summed E-state index contributed by atoms with van der Waals surface area (Å²) in [7, 11) is 6.00. The highest BCUT2D eigenvalue weighted by molar-refractivity contribution is 7.19. The fourth-order valence-corrected chi connectivity index (χ4v) is 5.24. The number of fused-ring (bicyclic) bond motifs is 1. The molecule has 0 unspecified atom stereocenters. The number of methoxy groups -OCH3 is 1. The molecule has 0 radical (unpaired) electrons. The summed E-state index contributed by atoms with van der Waals surface area (Å²) in [6.45, 7) is 4.34. The number of benzene rings is 1. The summed E-state index contributed by atoms with van der Waals surface area (Å²) >= 11 is 7.98. The largest absolute Gasteiger partial charge is 0.497 e. The van der Waals surface area contributed by atoms with Crippen LogP contribution >= 0.6 is 22.9 Å². The van der Waals surface area contributed by atoms with Gasteiger partial charge in [-0.15, -0.1) is 11.3 Å². The zero-order valence-electron chi connectivity index (χ0n) is 16.7. The smallest absolute Gasteiger partial charge is 0.225 e. The average molecular weight is 417 g/mol. The van der Waals surface area contributed by atoms with E-state index in [9.17, 15) is 0 Å². The van der Waals surface area contributed by atoms with Crippen LogP contribution < -0.4 is 9.64 Å². The van der Waals surface area contributed by atoms with E-state index in [1.54, 1.807) is 18.4 Å². The van der Waals surface area contributed by atoms with Gasteiger partial charge in [-0.3, -0.25) is 0 Å². The predicted molar refractivity (Wildman–Crippen MR) is 118 cm³/mol. The Morgan fingerprint density at radius 2 is 1.86 bits per heavy atom. The van der Waals surface area contributed by atoms with Gasteiger partial charge in [-0.05, 0) is 69.2 Å². The lowest BCUT2D eigenvalue weighted by molar-refractivity contribution is 0.252. The van der Waals surface area contributed by atoms with Gasteiger partial charge in [0.25, 0.3) is 0 Å². The molecule has 3 aromatic rings. The average Bonchev–Trinajstić information content (AvgIpc) is 3.03. The van der Waals surface area contributed by atoms with Crippen LogP contribution in [0, 0.1) is 6.92 Å². The molecule has 7 heteroatoms. The number of aryl methyl sites for hydroxylation is 1. The Labute approximate surface area is 174 Å². The van der Waals surface area contributed by atoms with Crippen molar-refractivity contribution in [3.8, 4) is 16.9 Å². The first-order valence-corrected chi connectivity index (χ1v) is 10.7. The Bertz CT molecular complexity index is 980.